The van der Waals surface area contributed by atoms with Crippen molar-refractivity contribution in [1.82, 2.24) is 20.6 Å². The van der Waals surface area contributed by atoms with Gasteiger partial charge in [0, 0.05) is 18.8 Å². The van der Waals surface area contributed by atoms with Gasteiger partial charge in [-0.25, -0.2) is 0 Å². The van der Waals surface area contributed by atoms with E-state index in [9.17, 15) is 15.3 Å². The summed E-state index contributed by atoms with van der Waals surface area (Å²) in [6.07, 6.45) is 15.5. The van der Waals surface area contributed by atoms with Crippen LogP contribution in [0, 0.1) is 11.8 Å². The molecule has 1 aromatic rings. The third kappa shape index (κ3) is 7.81. The number of nitrogens with one attached hydrogen (secondary N) is 1. The number of aromatic amines is 1. The van der Waals surface area contributed by atoms with Crippen LogP contribution in [-0.4, -0.2) is 54.3 Å². The van der Waals surface area contributed by atoms with Gasteiger partial charge in [-0.2, -0.15) is 5.21 Å². The molecule has 2 rings (SSSR count). The first kappa shape index (κ1) is 22.7. The van der Waals surface area contributed by atoms with Gasteiger partial charge >= 0.3 is 0 Å². The lowest BCUT2D eigenvalue weighted by molar-refractivity contribution is 0.120. The van der Waals surface area contributed by atoms with Crippen molar-refractivity contribution < 1.29 is 15.3 Å². The highest BCUT2D eigenvalue weighted by atomic mass is 16.3. The largest absolute Gasteiger partial charge is 0.393 e. The minimum atomic E-state index is -0.539. The summed E-state index contributed by atoms with van der Waals surface area (Å²) in [5, 5.41) is 44.5. The Bertz CT molecular complexity index is 576. The summed E-state index contributed by atoms with van der Waals surface area (Å²) in [5.74, 6) is 0.655. The van der Waals surface area contributed by atoms with Crippen molar-refractivity contribution in [3.05, 3.63) is 30.1 Å². The third-order valence-corrected chi connectivity index (χ3v) is 5.56. The highest BCUT2D eigenvalue weighted by Gasteiger charge is 2.39. The summed E-state index contributed by atoms with van der Waals surface area (Å²) in [7, 11) is 0. The Labute approximate surface area is 168 Å². The Morgan fingerprint density at radius 2 is 2.00 bits per heavy atom. The third-order valence-electron chi connectivity index (χ3n) is 5.56. The van der Waals surface area contributed by atoms with Gasteiger partial charge < -0.3 is 15.3 Å². The van der Waals surface area contributed by atoms with Crippen molar-refractivity contribution in [2.45, 2.75) is 89.4 Å². The van der Waals surface area contributed by atoms with Crippen LogP contribution < -0.4 is 0 Å². The molecule has 0 saturated heterocycles. The molecule has 1 fully saturated rings. The fourth-order valence-corrected chi connectivity index (χ4v) is 3.87. The summed E-state index contributed by atoms with van der Waals surface area (Å²) in [4.78, 5) is 0. The summed E-state index contributed by atoms with van der Waals surface area (Å²) < 4.78 is 0. The molecule has 1 aliphatic rings. The molecule has 4 N–H and O–H groups in total. The van der Waals surface area contributed by atoms with Crippen molar-refractivity contribution >= 4 is 0 Å². The molecule has 158 valence electrons. The smallest absolute Gasteiger partial charge is 0.174 e. The molecule has 0 aromatic carbocycles. The number of aryl methyl sites for hydroxylation is 1. The van der Waals surface area contributed by atoms with E-state index in [1.807, 2.05) is 6.08 Å². The molecule has 0 bridgehead atoms. The van der Waals surface area contributed by atoms with E-state index in [0.29, 0.717) is 6.42 Å². The van der Waals surface area contributed by atoms with Crippen molar-refractivity contribution in [3.63, 3.8) is 0 Å². The molecular weight excluding hydrogens is 356 g/mol. The van der Waals surface area contributed by atoms with Gasteiger partial charge in [-0.15, -0.1) is 10.2 Å². The number of aromatic nitrogens is 4. The van der Waals surface area contributed by atoms with E-state index in [4.69, 9.17) is 0 Å². The molecule has 7 heteroatoms. The summed E-state index contributed by atoms with van der Waals surface area (Å²) in [5.41, 5.74) is 0. The minimum Gasteiger partial charge on any atom is -0.393 e. The van der Waals surface area contributed by atoms with Crippen molar-refractivity contribution in [2.24, 2.45) is 11.8 Å². The van der Waals surface area contributed by atoms with E-state index in [0.717, 1.165) is 63.6 Å². The number of allylic oxidation sites excluding steroid dienone is 2. The van der Waals surface area contributed by atoms with E-state index in [-0.39, 0.29) is 11.8 Å². The molecule has 7 nitrogen and oxygen atoms in total. The number of aliphatic hydroxyl groups excluding tert-OH is 3. The SMILES string of the molecule is CCCCCC(O)C=CC1C(O)CC(O)C1C/C=C\CCCCc1nn[nH]n1. The van der Waals surface area contributed by atoms with E-state index in [1.165, 1.54) is 0 Å². The molecule has 1 aliphatic carbocycles. The summed E-state index contributed by atoms with van der Waals surface area (Å²) in [6.45, 7) is 2.14. The molecule has 1 heterocycles. The van der Waals surface area contributed by atoms with Crippen LogP contribution in [0.1, 0.15) is 70.5 Å². The summed E-state index contributed by atoms with van der Waals surface area (Å²) in [6, 6.07) is 0. The number of rotatable bonds is 13. The average Bonchev–Trinajstić information content (AvgIpc) is 3.27. The molecule has 1 aromatic heterocycles. The number of unbranched alkanes of at least 4 members (excludes halogenated alkanes) is 4. The monoisotopic (exact) mass is 392 g/mol. The van der Waals surface area contributed by atoms with Gasteiger partial charge in [0.25, 0.3) is 0 Å². The number of aliphatic hydroxyl groups is 3. The summed E-state index contributed by atoms with van der Waals surface area (Å²) >= 11 is 0. The van der Waals surface area contributed by atoms with Crippen molar-refractivity contribution in [1.29, 1.82) is 0 Å². The average molecular weight is 393 g/mol. The number of tetrazole rings is 1. The predicted octanol–water partition coefficient (Wildman–Crippen LogP) is 2.71. The second kappa shape index (κ2) is 12.8. The normalized spacial score (nSPS) is 26.6. The van der Waals surface area contributed by atoms with E-state index >= 15 is 0 Å². The Balaban J connectivity index is 1.71. The Morgan fingerprint density at radius 1 is 1.14 bits per heavy atom. The second-order valence-electron chi connectivity index (χ2n) is 7.84. The van der Waals surface area contributed by atoms with Crippen LogP contribution in [-0.2, 0) is 6.42 Å². The first-order chi connectivity index (χ1) is 13.6. The topological polar surface area (TPSA) is 115 Å². The molecule has 1 saturated carbocycles. The second-order valence-corrected chi connectivity index (χ2v) is 7.84. The number of H-pyrrole nitrogens is 1. The van der Waals surface area contributed by atoms with Gasteiger partial charge in [-0.05, 0) is 38.0 Å². The van der Waals surface area contributed by atoms with Crippen LogP contribution in [0.4, 0.5) is 0 Å². The quantitative estimate of drug-likeness (QED) is 0.303. The zero-order chi connectivity index (χ0) is 20.2. The number of hydrogen-bond acceptors (Lipinski definition) is 6. The zero-order valence-corrected chi connectivity index (χ0v) is 17.0. The maximum absolute atomic E-state index is 10.3. The van der Waals surface area contributed by atoms with Gasteiger partial charge in [0.15, 0.2) is 5.82 Å². The Kier molecular flexibility index (Phi) is 10.4. The zero-order valence-electron chi connectivity index (χ0n) is 17.0. The van der Waals surface area contributed by atoms with E-state index in [1.54, 1.807) is 6.08 Å². The van der Waals surface area contributed by atoms with Gasteiger partial charge in [0.1, 0.15) is 0 Å². The molecule has 5 atom stereocenters. The lowest BCUT2D eigenvalue weighted by atomic mass is 9.89. The molecular formula is C21H36N4O3. The minimum absolute atomic E-state index is 0.00433. The van der Waals surface area contributed by atoms with Crippen LogP contribution >= 0.6 is 0 Å². The van der Waals surface area contributed by atoms with Crippen molar-refractivity contribution in [3.8, 4) is 0 Å². The van der Waals surface area contributed by atoms with Crippen LogP contribution in [0.25, 0.3) is 0 Å². The van der Waals surface area contributed by atoms with Gasteiger partial charge in [-0.1, -0.05) is 55.7 Å². The Hall–Kier alpha value is -1.57. The maximum Gasteiger partial charge on any atom is 0.174 e. The Morgan fingerprint density at radius 3 is 2.75 bits per heavy atom. The van der Waals surface area contributed by atoms with Gasteiger partial charge in [0.2, 0.25) is 0 Å². The molecule has 0 spiro atoms. The number of hydrogen-bond donors (Lipinski definition) is 4. The number of nitrogens with zero attached hydrogens (tertiary/aromatic N) is 3. The molecule has 5 unspecified atom stereocenters. The highest BCUT2D eigenvalue weighted by molar-refractivity contribution is 5.06. The van der Waals surface area contributed by atoms with Crippen LogP contribution in [0.15, 0.2) is 24.3 Å². The predicted molar refractivity (Wildman–Crippen MR) is 108 cm³/mol. The maximum atomic E-state index is 10.3. The lowest BCUT2D eigenvalue weighted by Crippen LogP contribution is -2.20. The molecule has 0 radical (unpaired) electrons. The van der Waals surface area contributed by atoms with Gasteiger partial charge in [-0.3, -0.25) is 0 Å². The van der Waals surface area contributed by atoms with E-state index < -0.39 is 18.3 Å². The standard InChI is InChI=1S/C21H36N4O3/c1-2-3-7-10-16(26)13-14-18-17(19(27)15-20(18)28)11-8-5-4-6-9-12-21-22-24-25-23-21/h5,8,13-14,16-20,26-28H,2-4,6-7,9-12,15H2,1H3,(H,22,23,24,25)/b8-5-,14-13?. The molecule has 28 heavy (non-hydrogen) atoms. The van der Waals surface area contributed by atoms with Gasteiger partial charge in [0.05, 0.1) is 18.3 Å². The van der Waals surface area contributed by atoms with Crippen molar-refractivity contribution in [2.75, 3.05) is 0 Å². The first-order valence-corrected chi connectivity index (χ1v) is 10.7. The highest BCUT2D eigenvalue weighted by Crippen LogP contribution is 2.36. The fraction of sp³-hybridized carbons (Fsp3) is 0.762. The van der Waals surface area contributed by atoms with E-state index in [2.05, 4.69) is 39.7 Å². The first-order valence-electron chi connectivity index (χ1n) is 10.7. The van der Waals surface area contributed by atoms with Crippen LogP contribution in [0.2, 0.25) is 0 Å². The molecule has 0 amide bonds. The molecule has 0 aliphatic heterocycles. The van der Waals surface area contributed by atoms with Crippen LogP contribution in [0.5, 0.6) is 0 Å². The fourth-order valence-electron chi connectivity index (χ4n) is 3.87. The lowest BCUT2D eigenvalue weighted by Gasteiger charge is -2.19. The van der Waals surface area contributed by atoms with Crippen LogP contribution in [0.3, 0.4) is 0 Å².